The van der Waals surface area contributed by atoms with Gasteiger partial charge in [-0.25, -0.2) is 4.79 Å². The largest absolute Gasteiger partial charge is 0.478 e. The van der Waals surface area contributed by atoms with E-state index >= 15 is 0 Å². The van der Waals surface area contributed by atoms with Crippen molar-refractivity contribution in [2.24, 2.45) is 0 Å². The molecule has 0 radical (unpaired) electrons. The van der Waals surface area contributed by atoms with Gasteiger partial charge in [0.2, 0.25) is 0 Å². The second-order valence-electron chi connectivity index (χ2n) is 6.73. The highest BCUT2D eigenvalue weighted by molar-refractivity contribution is 6.30. The highest BCUT2D eigenvalue weighted by Crippen LogP contribution is 2.27. The number of likely N-dealkylation sites (tertiary alicyclic amines) is 1. The second kappa shape index (κ2) is 8.52. The fourth-order valence-corrected chi connectivity index (χ4v) is 3.64. The molecule has 1 N–H and O–H groups in total. The van der Waals surface area contributed by atoms with Crippen LogP contribution in [0.2, 0.25) is 5.02 Å². The van der Waals surface area contributed by atoms with E-state index in [0.29, 0.717) is 11.6 Å². The minimum Gasteiger partial charge on any atom is -0.478 e. The Morgan fingerprint density at radius 2 is 1.69 bits per heavy atom. The van der Waals surface area contributed by atoms with Gasteiger partial charge in [0.15, 0.2) is 0 Å². The standard InChI is InChI=1S/C20H23ClN2O3/c21-17-8-5-15(6-9-17)18(22-11-3-1-2-4-12-22)14-23-13-16(20(25)26)7-10-19(23)24/h5-10,13,18H,1-4,11-12,14H2,(H,25,26). The molecule has 26 heavy (non-hydrogen) atoms. The van der Waals surface area contributed by atoms with Crippen LogP contribution < -0.4 is 5.56 Å². The predicted octanol–water partition coefficient (Wildman–Crippen LogP) is 3.82. The number of hydrogen-bond donors (Lipinski definition) is 1. The molecule has 1 saturated heterocycles. The van der Waals surface area contributed by atoms with Crippen molar-refractivity contribution in [2.45, 2.75) is 38.3 Å². The first-order chi connectivity index (χ1) is 12.5. The molecule has 6 heteroatoms. The lowest BCUT2D eigenvalue weighted by atomic mass is 10.0. The van der Waals surface area contributed by atoms with Crippen LogP contribution >= 0.6 is 11.6 Å². The van der Waals surface area contributed by atoms with Gasteiger partial charge in [0.1, 0.15) is 0 Å². The van der Waals surface area contributed by atoms with Crippen molar-refractivity contribution < 1.29 is 9.90 Å². The van der Waals surface area contributed by atoms with Crippen LogP contribution in [0.25, 0.3) is 0 Å². The first-order valence-corrected chi connectivity index (χ1v) is 9.36. The Labute approximate surface area is 157 Å². The van der Waals surface area contributed by atoms with Crippen LogP contribution in [0, 0.1) is 0 Å². The number of carbonyl (C=O) groups is 1. The zero-order valence-corrected chi connectivity index (χ0v) is 15.4. The number of halogens is 1. The minimum absolute atomic E-state index is 0.00658. The van der Waals surface area contributed by atoms with Gasteiger partial charge in [-0.1, -0.05) is 36.6 Å². The topological polar surface area (TPSA) is 62.5 Å². The number of carboxylic acids is 1. The molecule has 5 nitrogen and oxygen atoms in total. The fraction of sp³-hybridized carbons (Fsp3) is 0.400. The van der Waals surface area contributed by atoms with E-state index < -0.39 is 5.97 Å². The molecule has 138 valence electrons. The molecule has 0 aliphatic carbocycles. The van der Waals surface area contributed by atoms with Gasteiger partial charge < -0.3 is 9.67 Å². The lowest BCUT2D eigenvalue weighted by Crippen LogP contribution is -2.35. The molecule has 2 heterocycles. The number of aromatic carboxylic acids is 1. The van der Waals surface area contributed by atoms with Gasteiger partial charge in [-0.2, -0.15) is 0 Å². The summed E-state index contributed by atoms with van der Waals surface area (Å²) in [6, 6.07) is 10.4. The molecule has 1 aliphatic rings. The minimum atomic E-state index is -1.03. The van der Waals surface area contributed by atoms with E-state index in [1.54, 1.807) is 0 Å². The number of hydrogen-bond acceptors (Lipinski definition) is 3. The van der Waals surface area contributed by atoms with Crippen molar-refractivity contribution in [3.8, 4) is 0 Å². The number of benzene rings is 1. The first-order valence-electron chi connectivity index (χ1n) is 8.98. The van der Waals surface area contributed by atoms with Crippen molar-refractivity contribution in [1.29, 1.82) is 0 Å². The lowest BCUT2D eigenvalue weighted by molar-refractivity contribution is 0.0695. The maximum atomic E-state index is 12.3. The molecule has 1 aliphatic heterocycles. The first kappa shape index (κ1) is 18.7. The molecule has 3 rings (SSSR count). The quantitative estimate of drug-likeness (QED) is 0.864. The van der Waals surface area contributed by atoms with Gasteiger partial charge in [-0.3, -0.25) is 9.69 Å². The third kappa shape index (κ3) is 4.54. The molecule has 1 aromatic heterocycles. The summed E-state index contributed by atoms with van der Waals surface area (Å²) in [5.41, 5.74) is 1.02. The average Bonchev–Trinajstić information content (AvgIpc) is 2.91. The Kier molecular flexibility index (Phi) is 6.12. The van der Waals surface area contributed by atoms with Gasteiger partial charge in [0.25, 0.3) is 5.56 Å². The molecule has 1 unspecified atom stereocenters. The van der Waals surface area contributed by atoms with Gasteiger partial charge in [0, 0.05) is 23.8 Å². The predicted molar refractivity (Wildman–Crippen MR) is 102 cm³/mol. The number of nitrogens with zero attached hydrogens (tertiary/aromatic N) is 2. The molecule has 1 atom stereocenters. The molecule has 0 bridgehead atoms. The average molecular weight is 375 g/mol. The van der Waals surface area contributed by atoms with Crippen molar-refractivity contribution in [3.05, 3.63) is 69.1 Å². The summed E-state index contributed by atoms with van der Waals surface area (Å²) >= 11 is 6.04. The summed E-state index contributed by atoms with van der Waals surface area (Å²) in [7, 11) is 0. The van der Waals surface area contributed by atoms with Crippen LogP contribution in [0.5, 0.6) is 0 Å². The van der Waals surface area contributed by atoms with E-state index in [9.17, 15) is 14.7 Å². The third-order valence-electron chi connectivity index (χ3n) is 4.94. The Morgan fingerprint density at radius 1 is 1.04 bits per heavy atom. The van der Waals surface area contributed by atoms with Crippen molar-refractivity contribution >= 4 is 17.6 Å². The molecule has 1 fully saturated rings. The number of carboxylic acid groups (broad SMARTS) is 1. The summed E-state index contributed by atoms with van der Waals surface area (Å²) < 4.78 is 1.51. The van der Waals surface area contributed by atoms with E-state index in [4.69, 9.17) is 11.6 Å². The van der Waals surface area contributed by atoms with Crippen LogP contribution in [-0.4, -0.2) is 33.6 Å². The summed E-state index contributed by atoms with van der Waals surface area (Å²) in [4.78, 5) is 26.0. The maximum absolute atomic E-state index is 12.3. The smallest absolute Gasteiger partial charge is 0.337 e. The van der Waals surface area contributed by atoms with E-state index in [1.807, 2.05) is 24.3 Å². The maximum Gasteiger partial charge on any atom is 0.337 e. The number of aromatic nitrogens is 1. The molecule has 0 spiro atoms. The van der Waals surface area contributed by atoms with Crippen LogP contribution in [0.15, 0.2) is 47.4 Å². The van der Waals surface area contributed by atoms with E-state index in [-0.39, 0.29) is 17.2 Å². The normalized spacial score (nSPS) is 16.8. The van der Waals surface area contributed by atoms with Crippen LogP contribution in [0.1, 0.15) is 47.6 Å². The Bertz CT molecular complexity index is 809. The van der Waals surface area contributed by atoms with E-state index in [1.165, 1.54) is 35.7 Å². The zero-order valence-electron chi connectivity index (χ0n) is 14.6. The third-order valence-corrected chi connectivity index (χ3v) is 5.19. The van der Waals surface area contributed by atoms with Gasteiger partial charge >= 0.3 is 5.97 Å². The Morgan fingerprint density at radius 3 is 2.31 bits per heavy atom. The molecule has 1 aromatic carbocycles. The highest BCUT2D eigenvalue weighted by atomic mass is 35.5. The SMILES string of the molecule is O=C(O)c1ccc(=O)n(CC(c2ccc(Cl)cc2)N2CCCCCC2)c1. The monoisotopic (exact) mass is 374 g/mol. The van der Waals surface area contributed by atoms with E-state index in [0.717, 1.165) is 31.5 Å². The van der Waals surface area contributed by atoms with Crippen molar-refractivity contribution in [3.63, 3.8) is 0 Å². The molecule has 0 saturated carbocycles. The molecule has 0 amide bonds. The van der Waals surface area contributed by atoms with Crippen molar-refractivity contribution in [2.75, 3.05) is 13.1 Å². The fourth-order valence-electron chi connectivity index (χ4n) is 3.51. The van der Waals surface area contributed by atoms with Gasteiger partial charge in [-0.15, -0.1) is 0 Å². The van der Waals surface area contributed by atoms with Crippen LogP contribution in [-0.2, 0) is 6.54 Å². The summed E-state index contributed by atoms with van der Waals surface area (Å²) in [6.07, 6.45) is 6.14. The Hall–Kier alpha value is -2.11. The summed E-state index contributed by atoms with van der Waals surface area (Å²) in [5.74, 6) is -1.03. The number of rotatable bonds is 5. The van der Waals surface area contributed by atoms with Crippen LogP contribution in [0.3, 0.4) is 0 Å². The van der Waals surface area contributed by atoms with Gasteiger partial charge in [-0.05, 0) is 49.7 Å². The Balaban J connectivity index is 1.95. The van der Waals surface area contributed by atoms with E-state index in [2.05, 4.69) is 4.90 Å². The molecular weight excluding hydrogens is 352 g/mol. The van der Waals surface area contributed by atoms with Gasteiger partial charge in [0.05, 0.1) is 11.6 Å². The number of pyridine rings is 1. The zero-order chi connectivity index (χ0) is 18.5. The molecule has 2 aromatic rings. The molecular formula is C20H23ClN2O3. The van der Waals surface area contributed by atoms with Crippen LogP contribution in [0.4, 0.5) is 0 Å². The highest BCUT2D eigenvalue weighted by Gasteiger charge is 2.22. The summed E-state index contributed by atoms with van der Waals surface area (Å²) in [6.45, 7) is 2.36. The lowest BCUT2D eigenvalue weighted by Gasteiger charge is -2.31. The summed E-state index contributed by atoms with van der Waals surface area (Å²) in [5, 5.41) is 9.90. The van der Waals surface area contributed by atoms with Crippen molar-refractivity contribution in [1.82, 2.24) is 9.47 Å². The second-order valence-corrected chi connectivity index (χ2v) is 7.17.